The van der Waals surface area contributed by atoms with Crippen molar-refractivity contribution in [1.29, 1.82) is 0 Å². The first kappa shape index (κ1) is 22.2. The average molecular weight is 409 g/mol. The van der Waals surface area contributed by atoms with E-state index >= 15 is 0 Å². The minimum absolute atomic E-state index is 0.0174. The number of benzene rings is 1. The number of ether oxygens (including phenoxy) is 1. The fourth-order valence-corrected chi connectivity index (χ4v) is 3.74. The van der Waals surface area contributed by atoms with Crippen LogP contribution in [0.1, 0.15) is 65.8 Å². The second-order valence-electron chi connectivity index (χ2n) is 8.59. The Bertz CT molecular complexity index is 843. The summed E-state index contributed by atoms with van der Waals surface area (Å²) in [4.78, 5) is 29.5. The first-order valence-electron chi connectivity index (χ1n) is 10.9. The van der Waals surface area contributed by atoms with Crippen LogP contribution in [0.2, 0.25) is 0 Å². The molecule has 1 unspecified atom stereocenters. The first-order chi connectivity index (χ1) is 14.5. The predicted octanol–water partition coefficient (Wildman–Crippen LogP) is 4.50. The molecule has 0 aliphatic carbocycles. The smallest absolute Gasteiger partial charge is 0.168 e. The van der Waals surface area contributed by atoms with Crippen LogP contribution in [0.25, 0.3) is 0 Å². The van der Waals surface area contributed by atoms with E-state index in [1.807, 2.05) is 18.2 Å². The van der Waals surface area contributed by atoms with Gasteiger partial charge in [0.2, 0.25) is 0 Å². The number of nitrogens with one attached hydrogen (secondary N) is 1. The predicted molar refractivity (Wildman–Crippen MR) is 118 cm³/mol. The molecule has 1 fully saturated rings. The molecule has 2 heterocycles. The minimum Gasteiger partial charge on any atom is -0.493 e. The number of Topliss-reactive ketones (excluding diaryl/α,β-unsaturated/α-hetero) is 2. The Morgan fingerprint density at radius 2 is 2.07 bits per heavy atom. The van der Waals surface area contributed by atoms with Crippen molar-refractivity contribution in [2.45, 2.75) is 46.0 Å². The van der Waals surface area contributed by atoms with Gasteiger partial charge in [-0.2, -0.15) is 0 Å². The molecule has 1 atom stereocenters. The number of hydrogen-bond donors (Lipinski definition) is 1. The summed E-state index contributed by atoms with van der Waals surface area (Å²) in [5.74, 6) is 1.82. The quantitative estimate of drug-likeness (QED) is 0.554. The molecule has 5 nitrogen and oxygen atoms in total. The first-order valence-corrected chi connectivity index (χ1v) is 10.9. The summed E-state index contributed by atoms with van der Waals surface area (Å²) in [6.45, 7) is 6.89. The van der Waals surface area contributed by atoms with Crippen LogP contribution in [0.4, 0.5) is 0 Å². The number of carbonyl (C=O) groups is 2. The topological polar surface area (TPSA) is 68.3 Å². The lowest BCUT2D eigenvalue weighted by Crippen LogP contribution is -2.10. The summed E-state index contributed by atoms with van der Waals surface area (Å²) in [6, 6.07) is 9.05. The third-order valence-corrected chi connectivity index (χ3v) is 5.40. The summed E-state index contributed by atoms with van der Waals surface area (Å²) in [7, 11) is 0. The van der Waals surface area contributed by atoms with Crippen LogP contribution < -0.4 is 10.1 Å². The normalized spacial score (nSPS) is 16.0. The SMILES string of the molecule is CC(C)COc1cc(CC(=O)c2cccnc2)cc(C(=O)CCCC2CCNC2)c1. The number of aromatic nitrogens is 1. The molecule has 1 aromatic carbocycles. The summed E-state index contributed by atoms with van der Waals surface area (Å²) >= 11 is 0. The summed E-state index contributed by atoms with van der Waals surface area (Å²) in [5.41, 5.74) is 2.01. The number of hydrogen-bond acceptors (Lipinski definition) is 5. The largest absolute Gasteiger partial charge is 0.493 e. The van der Waals surface area contributed by atoms with Crippen molar-refractivity contribution >= 4 is 11.6 Å². The van der Waals surface area contributed by atoms with Gasteiger partial charge < -0.3 is 10.1 Å². The van der Waals surface area contributed by atoms with Gasteiger partial charge in [0, 0.05) is 36.4 Å². The van der Waals surface area contributed by atoms with E-state index in [0.717, 1.165) is 31.5 Å². The Labute approximate surface area is 179 Å². The molecule has 1 aliphatic heterocycles. The summed E-state index contributed by atoms with van der Waals surface area (Å²) in [5, 5.41) is 3.37. The van der Waals surface area contributed by atoms with Crippen molar-refractivity contribution < 1.29 is 14.3 Å². The van der Waals surface area contributed by atoms with Crippen LogP contribution in [0.3, 0.4) is 0 Å². The van der Waals surface area contributed by atoms with E-state index in [-0.39, 0.29) is 18.0 Å². The molecule has 0 radical (unpaired) electrons. The maximum atomic E-state index is 12.9. The van der Waals surface area contributed by atoms with Gasteiger partial charge in [-0.25, -0.2) is 0 Å². The van der Waals surface area contributed by atoms with Crippen LogP contribution >= 0.6 is 0 Å². The van der Waals surface area contributed by atoms with Crippen molar-refractivity contribution in [1.82, 2.24) is 10.3 Å². The number of ketones is 2. The lowest BCUT2D eigenvalue weighted by molar-refractivity contribution is 0.0971. The Balaban J connectivity index is 1.70. The van der Waals surface area contributed by atoms with Crippen molar-refractivity contribution in [3.05, 3.63) is 59.4 Å². The molecule has 3 rings (SSSR count). The van der Waals surface area contributed by atoms with Crippen molar-refractivity contribution in [2.24, 2.45) is 11.8 Å². The van der Waals surface area contributed by atoms with Crippen LogP contribution in [0.15, 0.2) is 42.7 Å². The molecule has 0 bridgehead atoms. The Morgan fingerprint density at radius 3 is 2.77 bits per heavy atom. The van der Waals surface area contributed by atoms with Gasteiger partial charge in [-0.15, -0.1) is 0 Å². The molecule has 2 aromatic rings. The number of carbonyl (C=O) groups excluding carboxylic acids is 2. The highest BCUT2D eigenvalue weighted by molar-refractivity contribution is 5.99. The van der Waals surface area contributed by atoms with Gasteiger partial charge in [-0.05, 0) is 80.1 Å². The van der Waals surface area contributed by atoms with Crippen molar-refractivity contribution in [2.75, 3.05) is 19.7 Å². The van der Waals surface area contributed by atoms with Gasteiger partial charge >= 0.3 is 0 Å². The molecule has 1 aromatic heterocycles. The molecule has 0 saturated carbocycles. The third-order valence-electron chi connectivity index (χ3n) is 5.40. The van der Waals surface area contributed by atoms with E-state index in [4.69, 9.17) is 4.74 Å². The summed E-state index contributed by atoms with van der Waals surface area (Å²) < 4.78 is 5.89. The maximum absolute atomic E-state index is 12.9. The molecule has 0 spiro atoms. The molecule has 30 heavy (non-hydrogen) atoms. The molecular weight excluding hydrogens is 376 g/mol. The number of pyridine rings is 1. The van der Waals surface area contributed by atoms with Gasteiger partial charge in [0.1, 0.15) is 5.75 Å². The molecule has 0 amide bonds. The van der Waals surface area contributed by atoms with E-state index in [0.29, 0.717) is 41.7 Å². The second-order valence-corrected chi connectivity index (χ2v) is 8.59. The molecule has 1 aliphatic rings. The third kappa shape index (κ3) is 6.77. The lowest BCUT2D eigenvalue weighted by atomic mass is 9.96. The Kier molecular flexibility index (Phi) is 8.14. The van der Waals surface area contributed by atoms with E-state index in [1.54, 1.807) is 24.5 Å². The van der Waals surface area contributed by atoms with Gasteiger partial charge in [-0.3, -0.25) is 14.6 Å². The van der Waals surface area contributed by atoms with Crippen molar-refractivity contribution in [3.63, 3.8) is 0 Å². The van der Waals surface area contributed by atoms with Gasteiger partial charge in [0.05, 0.1) is 6.61 Å². The van der Waals surface area contributed by atoms with Gasteiger partial charge in [0.15, 0.2) is 11.6 Å². The maximum Gasteiger partial charge on any atom is 0.168 e. The van der Waals surface area contributed by atoms with Crippen LogP contribution in [0.5, 0.6) is 5.75 Å². The highest BCUT2D eigenvalue weighted by Gasteiger charge is 2.16. The monoisotopic (exact) mass is 408 g/mol. The zero-order valence-corrected chi connectivity index (χ0v) is 18.0. The van der Waals surface area contributed by atoms with Crippen LogP contribution in [0, 0.1) is 11.8 Å². The number of rotatable bonds is 11. The average Bonchev–Trinajstić information content (AvgIpc) is 3.26. The van der Waals surface area contributed by atoms with Gasteiger partial charge in [-0.1, -0.05) is 13.8 Å². The highest BCUT2D eigenvalue weighted by atomic mass is 16.5. The van der Waals surface area contributed by atoms with Crippen molar-refractivity contribution in [3.8, 4) is 5.75 Å². The van der Waals surface area contributed by atoms with Gasteiger partial charge in [0.25, 0.3) is 0 Å². The summed E-state index contributed by atoms with van der Waals surface area (Å²) in [6.07, 6.45) is 7.15. The van der Waals surface area contributed by atoms with Crippen LogP contribution in [-0.2, 0) is 6.42 Å². The Hall–Kier alpha value is -2.53. The lowest BCUT2D eigenvalue weighted by Gasteiger charge is -2.13. The highest BCUT2D eigenvalue weighted by Crippen LogP contribution is 2.23. The fourth-order valence-electron chi connectivity index (χ4n) is 3.74. The molecular formula is C25H32N2O3. The second kappa shape index (κ2) is 11.0. The molecule has 1 N–H and O–H groups in total. The van der Waals surface area contributed by atoms with Crippen LogP contribution in [-0.4, -0.2) is 36.2 Å². The standard InChI is InChI=1S/C25H32N2O3/c1-18(2)17-30-23-12-20(13-25(29)21-6-4-9-26-16-21)11-22(14-23)24(28)7-3-5-19-8-10-27-15-19/h4,6,9,11-12,14,16,18-19,27H,3,5,7-8,10,13,15,17H2,1-2H3. The zero-order valence-electron chi connectivity index (χ0n) is 18.0. The van der Waals surface area contributed by atoms with E-state index < -0.39 is 0 Å². The molecule has 160 valence electrons. The molecule has 5 heteroatoms. The Morgan fingerprint density at radius 1 is 1.20 bits per heavy atom. The number of nitrogens with zero attached hydrogens (tertiary/aromatic N) is 1. The van der Waals surface area contributed by atoms with E-state index in [1.165, 1.54) is 6.42 Å². The minimum atomic E-state index is -0.0174. The fraction of sp³-hybridized carbons (Fsp3) is 0.480. The molecule has 1 saturated heterocycles. The van der Waals surface area contributed by atoms with E-state index in [2.05, 4.69) is 24.1 Å². The van der Waals surface area contributed by atoms with E-state index in [9.17, 15) is 9.59 Å². The zero-order chi connectivity index (χ0) is 21.3.